The van der Waals surface area contributed by atoms with Gasteiger partial charge < -0.3 is 10.3 Å². The molecule has 0 bridgehead atoms. The largest absolute Gasteiger partial charge is 0.325 e. The minimum Gasteiger partial charge on any atom is -0.325 e. The second-order valence-corrected chi connectivity index (χ2v) is 7.59. The standard InChI is InChI=1S/C20H15ClN4O2S/c1-12(18(26)23-15-9-7-14(21)8-10-15)28-20-24-17(13-5-3-2-4-6-13)16(11-22)19(27)25-20/h2-10,12H,1H3,(H,23,26)(H,24,25,27)/t12-/m0/s1. The second-order valence-electron chi connectivity index (χ2n) is 5.83. The van der Waals surface area contributed by atoms with Crippen LogP contribution in [0, 0.1) is 11.3 Å². The van der Waals surface area contributed by atoms with Gasteiger partial charge in [0.1, 0.15) is 11.6 Å². The molecule has 8 heteroatoms. The lowest BCUT2D eigenvalue weighted by atomic mass is 10.1. The van der Waals surface area contributed by atoms with E-state index < -0.39 is 10.8 Å². The Kier molecular flexibility index (Phi) is 6.14. The topological polar surface area (TPSA) is 98.6 Å². The highest BCUT2D eigenvalue weighted by Gasteiger charge is 2.19. The predicted octanol–water partition coefficient (Wildman–Crippen LogP) is 4.08. The van der Waals surface area contributed by atoms with E-state index in [1.807, 2.05) is 12.1 Å². The number of nitriles is 1. The number of H-pyrrole nitrogens is 1. The van der Waals surface area contributed by atoms with E-state index in [0.717, 1.165) is 11.8 Å². The summed E-state index contributed by atoms with van der Waals surface area (Å²) in [5.41, 5.74) is 0.969. The van der Waals surface area contributed by atoms with Crippen LogP contribution < -0.4 is 10.9 Å². The molecule has 0 saturated heterocycles. The third-order valence-electron chi connectivity index (χ3n) is 3.83. The van der Waals surface area contributed by atoms with Crippen LogP contribution in [0.5, 0.6) is 0 Å². The molecular formula is C20H15ClN4O2S. The van der Waals surface area contributed by atoms with E-state index in [1.165, 1.54) is 0 Å². The van der Waals surface area contributed by atoms with E-state index in [1.54, 1.807) is 55.5 Å². The predicted molar refractivity (Wildman–Crippen MR) is 110 cm³/mol. The molecule has 1 heterocycles. The zero-order chi connectivity index (χ0) is 20.1. The molecule has 28 heavy (non-hydrogen) atoms. The number of carbonyl (C=O) groups excluding carboxylic acids is 1. The van der Waals surface area contributed by atoms with Gasteiger partial charge in [-0.25, -0.2) is 4.98 Å². The molecule has 0 aliphatic rings. The Morgan fingerprint density at radius 3 is 2.54 bits per heavy atom. The summed E-state index contributed by atoms with van der Waals surface area (Å²) in [7, 11) is 0. The smallest absolute Gasteiger partial charge is 0.270 e. The molecule has 0 aliphatic heterocycles. The number of nitrogens with zero attached hydrogens (tertiary/aromatic N) is 2. The number of benzene rings is 2. The molecule has 0 saturated carbocycles. The van der Waals surface area contributed by atoms with Crippen molar-refractivity contribution in [2.45, 2.75) is 17.3 Å². The van der Waals surface area contributed by atoms with Gasteiger partial charge in [0.2, 0.25) is 5.91 Å². The summed E-state index contributed by atoms with van der Waals surface area (Å²) in [6.07, 6.45) is 0. The normalized spacial score (nSPS) is 11.5. The number of halogens is 1. The lowest BCUT2D eigenvalue weighted by Crippen LogP contribution is -2.23. The molecule has 1 atom stereocenters. The minimum absolute atomic E-state index is 0.0613. The summed E-state index contributed by atoms with van der Waals surface area (Å²) in [5, 5.41) is 12.4. The third kappa shape index (κ3) is 4.60. The van der Waals surface area contributed by atoms with Crippen molar-refractivity contribution in [1.82, 2.24) is 9.97 Å². The first-order chi connectivity index (χ1) is 13.5. The van der Waals surface area contributed by atoms with Crippen LogP contribution in [0.1, 0.15) is 12.5 Å². The highest BCUT2D eigenvalue weighted by Crippen LogP contribution is 2.25. The van der Waals surface area contributed by atoms with Gasteiger partial charge in [-0.15, -0.1) is 0 Å². The zero-order valence-corrected chi connectivity index (χ0v) is 16.3. The molecule has 1 amide bonds. The third-order valence-corrected chi connectivity index (χ3v) is 5.06. The maximum absolute atomic E-state index is 12.4. The van der Waals surface area contributed by atoms with Crippen LogP contribution in [0.3, 0.4) is 0 Å². The van der Waals surface area contributed by atoms with Gasteiger partial charge in [-0.2, -0.15) is 5.26 Å². The summed E-state index contributed by atoms with van der Waals surface area (Å²) < 4.78 is 0. The summed E-state index contributed by atoms with van der Waals surface area (Å²) in [6.45, 7) is 1.70. The van der Waals surface area contributed by atoms with E-state index in [-0.39, 0.29) is 16.6 Å². The molecule has 140 valence electrons. The van der Waals surface area contributed by atoms with Crippen LogP contribution in [0.2, 0.25) is 5.02 Å². The monoisotopic (exact) mass is 410 g/mol. The summed E-state index contributed by atoms with van der Waals surface area (Å²) in [4.78, 5) is 31.7. The van der Waals surface area contributed by atoms with Gasteiger partial charge in [0.15, 0.2) is 5.16 Å². The van der Waals surface area contributed by atoms with Crippen molar-refractivity contribution in [3.63, 3.8) is 0 Å². The van der Waals surface area contributed by atoms with Crippen molar-refractivity contribution in [1.29, 1.82) is 5.26 Å². The SMILES string of the molecule is C[C@H](Sc1nc(-c2ccccc2)c(C#N)c(=O)[nH]1)C(=O)Nc1ccc(Cl)cc1. The van der Waals surface area contributed by atoms with E-state index in [9.17, 15) is 14.9 Å². The van der Waals surface area contributed by atoms with Crippen molar-refractivity contribution in [3.05, 3.63) is 75.5 Å². The Bertz CT molecular complexity index is 1090. The van der Waals surface area contributed by atoms with Crippen molar-refractivity contribution >= 4 is 35.0 Å². The van der Waals surface area contributed by atoms with Gasteiger partial charge in [-0.3, -0.25) is 9.59 Å². The fourth-order valence-corrected chi connectivity index (χ4v) is 3.34. The second kappa shape index (κ2) is 8.74. The Hall–Kier alpha value is -3.08. The van der Waals surface area contributed by atoms with Crippen LogP contribution in [0.25, 0.3) is 11.3 Å². The number of hydrogen-bond donors (Lipinski definition) is 2. The Labute approximate surface area is 170 Å². The van der Waals surface area contributed by atoms with Crippen LogP contribution in [-0.4, -0.2) is 21.1 Å². The van der Waals surface area contributed by atoms with Gasteiger partial charge in [0.25, 0.3) is 5.56 Å². The van der Waals surface area contributed by atoms with Gasteiger partial charge in [-0.05, 0) is 31.2 Å². The molecular weight excluding hydrogens is 396 g/mol. The van der Waals surface area contributed by atoms with Gasteiger partial charge >= 0.3 is 0 Å². The first kappa shape index (κ1) is 19.7. The number of aromatic amines is 1. The van der Waals surface area contributed by atoms with Crippen molar-refractivity contribution in [3.8, 4) is 17.3 Å². The molecule has 3 rings (SSSR count). The number of nitrogens with one attached hydrogen (secondary N) is 2. The fourth-order valence-electron chi connectivity index (χ4n) is 2.42. The van der Waals surface area contributed by atoms with Crippen LogP contribution >= 0.6 is 23.4 Å². The minimum atomic E-state index is -0.538. The molecule has 0 unspecified atom stereocenters. The summed E-state index contributed by atoms with van der Waals surface area (Å²) in [5.74, 6) is -0.249. The number of aromatic nitrogens is 2. The van der Waals surface area contributed by atoms with Crippen LogP contribution in [0.15, 0.2) is 64.5 Å². The molecule has 0 fully saturated rings. The van der Waals surface area contributed by atoms with Crippen LogP contribution in [0.4, 0.5) is 5.69 Å². The molecule has 1 aromatic heterocycles. The molecule has 0 aliphatic carbocycles. The molecule has 0 radical (unpaired) electrons. The van der Waals surface area contributed by atoms with Crippen molar-refractivity contribution < 1.29 is 4.79 Å². The lowest BCUT2D eigenvalue weighted by molar-refractivity contribution is -0.115. The number of carbonyl (C=O) groups is 1. The fraction of sp³-hybridized carbons (Fsp3) is 0.100. The van der Waals surface area contributed by atoms with Gasteiger partial charge in [0, 0.05) is 16.3 Å². The highest BCUT2D eigenvalue weighted by atomic mass is 35.5. The first-order valence-corrected chi connectivity index (χ1v) is 9.56. The lowest BCUT2D eigenvalue weighted by Gasteiger charge is -2.12. The maximum Gasteiger partial charge on any atom is 0.270 e. The number of rotatable bonds is 5. The Morgan fingerprint density at radius 2 is 1.89 bits per heavy atom. The van der Waals surface area contributed by atoms with E-state index in [0.29, 0.717) is 22.0 Å². The van der Waals surface area contributed by atoms with Gasteiger partial charge in [0.05, 0.1) is 10.9 Å². The first-order valence-electron chi connectivity index (χ1n) is 8.31. The molecule has 3 aromatic rings. The van der Waals surface area contributed by atoms with Gasteiger partial charge in [-0.1, -0.05) is 53.7 Å². The number of anilines is 1. The number of amides is 1. The number of hydrogen-bond acceptors (Lipinski definition) is 5. The van der Waals surface area contributed by atoms with Crippen LogP contribution in [-0.2, 0) is 4.79 Å². The highest BCUT2D eigenvalue weighted by molar-refractivity contribution is 8.00. The average Bonchev–Trinajstić information content (AvgIpc) is 2.70. The zero-order valence-electron chi connectivity index (χ0n) is 14.8. The van der Waals surface area contributed by atoms with E-state index >= 15 is 0 Å². The summed E-state index contributed by atoms with van der Waals surface area (Å²) in [6, 6.07) is 17.6. The Balaban J connectivity index is 1.83. The summed E-state index contributed by atoms with van der Waals surface area (Å²) >= 11 is 6.94. The van der Waals surface area contributed by atoms with E-state index in [4.69, 9.17) is 11.6 Å². The molecule has 2 aromatic carbocycles. The molecule has 0 spiro atoms. The average molecular weight is 411 g/mol. The van der Waals surface area contributed by atoms with Crippen molar-refractivity contribution in [2.75, 3.05) is 5.32 Å². The molecule has 2 N–H and O–H groups in total. The quantitative estimate of drug-likeness (QED) is 0.487. The Morgan fingerprint density at radius 1 is 1.21 bits per heavy atom. The maximum atomic E-state index is 12.4. The molecule has 6 nitrogen and oxygen atoms in total. The van der Waals surface area contributed by atoms with Crippen molar-refractivity contribution in [2.24, 2.45) is 0 Å². The van der Waals surface area contributed by atoms with E-state index in [2.05, 4.69) is 15.3 Å². The number of thioether (sulfide) groups is 1.